The Morgan fingerprint density at radius 1 is 1.30 bits per heavy atom. The van der Waals surface area contributed by atoms with E-state index in [0.717, 1.165) is 35.0 Å². The topological polar surface area (TPSA) is 48.7 Å². The number of nitrogens with one attached hydrogen (secondary N) is 1. The zero-order chi connectivity index (χ0) is 14.1. The van der Waals surface area contributed by atoms with Crippen LogP contribution in [0.3, 0.4) is 0 Å². The minimum absolute atomic E-state index is 0.307. The van der Waals surface area contributed by atoms with Crippen molar-refractivity contribution in [3.05, 3.63) is 51.4 Å². The number of pyridine rings is 1. The van der Waals surface area contributed by atoms with E-state index >= 15 is 0 Å². The van der Waals surface area contributed by atoms with Crippen molar-refractivity contribution >= 4 is 27.4 Å². The summed E-state index contributed by atoms with van der Waals surface area (Å²) in [5.74, 6) is 0.0459. The predicted octanol–water partition coefficient (Wildman–Crippen LogP) is 4.09. The van der Waals surface area contributed by atoms with Gasteiger partial charge in [0.2, 0.25) is 0 Å². The highest BCUT2D eigenvalue weighted by molar-refractivity contribution is 9.10. The normalized spacial score (nSPS) is 12.8. The fraction of sp³-hybridized carbons (Fsp3) is 0.200. The van der Waals surface area contributed by atoms with Crippen LogP contribution in [0.4, 0.5) is 15.9 Å². The van der Waals surface area contributed by atoms with Gasteiger partial charge in [-0.3, -0.25) is 0 Å². The highest BCUT2D eigenvalue weighted by Crippen LogP contribution is 2.28. The highest BCUT2D eigenvalue weighted by Gasteiger charge is 2.17. The minimum atomic E-state index is -0.376. The maximum absolute atomic E-state index is 13.8. The average molecular weight is 332 g/mol. The summed E-state index contributed by atoms with van der Waals surface area (Å²) in [6.07, 6.45) is 2.93. The summed E-state index contributed by atoms with van der Waals surface area (Å²) in [5.41, 5.74) is 2.88. The summed E-state index contributed by atoms with van der Waals surface area (Å²) in [5, 5.41) is 12.1. The summed E-state index contributed by atoms with van der Waals surface area (Å²) in [6, 6.07) is 8.60. The van der Waals surface area contributed by atoms with Crippen LogP contribution < -0.4 is 5.32 Å². The number of nitriles is 1. The van der Waals surface area contributed by atoms with Crippen molar-refractivity contribution < 1.29 is 4.39 Å². The Morgan fingerprint density at radius 3 is 2.95 bits per heavy atom. The Bertz CT molecular complexity index is 722. The molecule has 0 radical (unpaired) electrons. The molecule has 3 rings (SSSR count). The molecule has 0 fully saturated rings. The van der Waals surface area contributed by atoms with Gasteiger partial charge in [0.1, 0.15) is 17.7 Å². The molecule has 1 aliphatic rings. The van der Waals surface area contributed by atoms with Crippen molar-refractivity contribution in [2.24, 2.45) is 0 Å². The van der Waals surface area contributed by atoms with Gasteiger partial charge in [-0.1, -0.05) is 15.9 Å². The summed E-state index contributed by atoms with van der Waals surface area (Å²) in [6.45, 7) is 0. The lowest BCUT2D eigenvalue weighted by atomic mass is 10.1. The number of nitrogens with zero attached hydrogens (tertiary/aromatic N) is 2. The maximum Gasteiger partial charge on any atom is 0.148 e. The van der Waals surface area contributed by atoms with Gasteiger partial charge in [-0.2, -0.15) is 5.26 Å². The number of fused-ring (bicyclic) bond motifs is 1. The molecular weight excluding hydrogens is 321 g/mol. The molecule has 0 saturated carbocycles. The second-order valence-electron chi connectivity index (χ2n) is 4.70. The summed E-state index contributed by atoms with van der Waals surface area (Å²) < 4.78 is 14.5. The van der Waals surface area contributed by atoms with Crippen molar-refractivity contribution in [1.82, 2.24) is 4.98 Å². The van der Waals surface area contributed by atoms with Crippen LogP contribution in [-0.4, -0.2) is 4.98 Å². The van der Waals surface area contributed by atoms with E-state index in [2.05, 4.69) is 32.3 Å². The van der Waals surface area contributed by atoms with Crippen molar-refractivity contribution in [3.63, 3.8) is 0 Å². The lowest BCUT2D eigenvalue weighted by Crippen LogP contribution is -2.02. The van der Waals surface area contributed by atoms with Crippen LogP contribution in [0.25, 0.3) is 0 Å². The van der Waals surface area contributed by atoms with E-state index in [1.54, 1.807) is 12.1 Å². The van der Waals surface area contributed by atoms with Crippen LogP contribution in [0.2, 0.25) is 0 Å². The first-order valence-corrected chi connectivity index (χ1v) is 7.11. The molecular formula is C15H11BrFN3. The minimum Gasteiger partial charge on any atom is -0.337 e. The monoisotopic (exact) mass is 331 g/mol. The number of hydrogen-bond donors (Lipinski definition) is 1. The van der Waals surface area contributed by atoms with Crippen LogP contribution in [0.1, 0.15) is 23.2 Å². The van der Waals surface area contributed by atoms with Crippen molar-refractivity contribution in [1.29, 1.82) is 5.26 Å². The molecule has 1 aliphatic carbocycles. The molecule has 0 atom stereocenters. The molecule has 0 aliphatic heterocycles. The number of aromatic nitrogens is 1. The van der Waals surface area contributed by atoms with Crippen LogP contribution >= 0.6 is 15.9 Å². The van der Waals surface area contributed by atoms with Gasteiger partial charge in [-0.15, -0.1) is 0 Å². The lowest BCUT2D eigenvalue weighted by molar-refractivity contribution is 0.631. The summed E-state index contributed by atoms with van der Waals surface area (Å²) in [4.78, 5) is 4.47. The van der Waals surface area contributed by atoms with Gasteiger partial charge in [-0.25, -0.2) is 9.37 Å². The molecule has 100 valence electrons. The van der Waals surface area contributed by atoms with Crippen LogP contribution in [0, 0.1) is 17.1 Å². The second-order valence-corrected chi connectivity index (χ2v) is 5.62. The average Bonchev–Trinajstić information content (AvgIpc) is 2.89. The largest absolute Gasteiger partial charge is 0.337 e. The van der Waals surface area contributed by atoms with Crippen molar-refractivity contribution in [3.8, 4) is 6.07 Å². The number of anilines is 2. The molecule has 1 aromatic heterocycles. The molecule has 3 nitrogen and oxygen atoms in total. The Hall–Kier alpha value is -1.93. The van der Waals surface area contributed by atoms with Crippen LogP contribution in [0.5, 0.6) is 0 Å². The standard InChI is InChI=1S/C15H11BrFN3/c16-11-4-5-12(17)14(7-11)20-15-10(8-18)6-9-2-1-3-13(9)19-15/h4-7H,1-3H2,(H,19,20). The van der Waals surface area contributed by atoms with E-state index in [-0.39, 0.29) is 5.82 Å². The van der Waals surface area contributed by atoms with Gasteiger partial charge in [0, 0.05) is 10.2 Å². The molecule has 0 bridgehead atoms. The quantitative estimate of drug-likeness (QED) is 0.901. The third-order valence-corrected chi connectivity index (χ3v) is 3.85. The van der Waals surface area contributed by atoms with E-state index in [1.165, 1.54) is 6.07 Å². The molecule has 2 aromatic rings. The van der Waals surface area contributed by atoms with E-state index in [1.807, 2.05) is 6.07 Å². The number of hydrogen-bond acceptors (Lipinski definition) is 3. The van der Waals surface area contributed by atoms with Crippen LogP contribution in [0.15, 0.2) is 28.7 Å². The molecule has 0 saturated heterocycles. The second kappa shape index (κ2) is 5.22. The van der Waals surface area contributed by atoms with E-state index < -0.39 is 0 Å². The SMILES string of the molecule is N#Cc1cc2c(nc1Nc1cc(Br)ccc1F)CCC2. The molecule has 1 aromatic carbocycles. The number of halogens is 2. The zero-order valence-corrected chi connectivity index (χ0v) is 12.2. The first-order valence-electron chi connectivity index (χ1n) is 6.32. The summed E-state index contributed by atoms with van der Waals surface area (Å²) >= 11 is 3.30. The third kappa shape index (κ3) is 2.39. The van der Waals surface area contributed by atoms with E-state index in [9.17, 15) is 9.65 Å². The Labute approximate surface area is 124 Å². The zero-order valence-electron chi connectivity index (χ0n) is 10.6. The highest BCUT2D eigenvalue weighted by atomic mass is 79.9. The molecule has 20 heavy (non-hydrogen) atoms. The smallest absolute Gasteiger partial charge is 0.148 e. The van der Waals surface area contributed by atoms with Gasteiger partial charge in [0.05, 0.1) is 11.3 Å². The van der Waals surface area contributed by atoms with Crippen LogP contribution in [-0.2, 0) is 12.8 Å². The van der Waals surface area contributed by atoms with Gasteiger partial charge < -0.3 is 5.32 Å². The third-order valence-electron chi connectivity index (χ3n) is 3.35. The lowest BCUT2D eigenvalue weighted by Gasteiger charge is -2.10. The van der Waals surface area contributed by atoms with E-state index in [0.29, 0.717) is 17.1 Å². The predicted molar refractivity (Wildman–Crippen MR) is 78.4 cm³/mol. The van der Waals surface area contributed by atoms with Gasteiger partial charge in [0.25, 0.3) is 0 Å². The molecule has 1 heterocycles. The fourth-order valence-electron chi connectivity index (χ4n) is 2.37. The molecule has 0 amide bonds. The number of aryl methyl sites for hydroxylation is 2. The number of benzene rings is 1. The molecule has 0 spiro atoms. The first kappa shape index (κ1) is 13.1. The molecule has 0 unspecified atom stereocenters. The van der Waals surface area contributed by atoms with Crippen molar-refractivity contribution in [2.75, 3.05) is 5.32 Å². The van der Waals surface area contributed by atoms with Crippen molar-refractivity contribution in [2.45, 2.75) is 19.3 Å². The maximum atomic E-state index is 13.8. The van der Waals surface area contributed by atoms with Gasteiger partial charge in [0.15, 0.2) is 0 Å². The Kier molecular flexibility index (Phi) is 3.41. The van der Waals surface area contributed by atoms with Gasteiger partial charge in [-0.05, 0) is 49.1 Å². The number of rotatable bonds is 2. The van der Waals surface area contributed by atoms with E-state index in [4.69, 9.17) is 0 Å². The fourth-order valence-corrected chi connectivity index (χ4v) is 2.73. The summed E-state index contributed by atoms with van der Waals surface area (Å²) in [7, 11) is 0. The molecule has 1 N–H and O–H groups in total. The first-order chi connectivity index (χ1) is 9.67. The molecule has 5 heteroatoms. The Balaban J connectivity index is 2.02. The Morgan fingerprint density at radius 2 is 2.15 bits per heavy atom. The van der Waals surface area contributed by atoms with Gasteiger partial charge >= 0.3 is 0 Å².